The van der Waals surface area contributed by atoms with Crippen molar-refractivity contribution >= 4 is 36.9 Å². The zero-order valence-corrected chi connectivity index (χ0v) is 33.0. The van der Waals surface area contributed by atoms with E-state index in [0.717, 1.165) is 67.5 Å². The zero-order valence-electron chi connectivity index (χ0n) is 31.4. The Morgan fingerprint density at radius 2 is 1.57 bits per heavy atom. The summed E-state index contributed by atoms with van der Waals surface area (Å²) >= 11 is 0. The summed E-state index contributed by atoms with van der Waals surface area (Å²) in [6.45, 7) is 11.2. The highest BCUT2D eigenvalue weighted by molar-refractivity contribution is 7.90. The van der Waals surface area contributed by atoms with Gasteiger partial charge in [0.15, 0.2) is 9.84 Å². The van der Waals surface area contributed by atoms with Gasteiger partial charge in [-0.15, -0.1) is 0 Å². The van der Waals surface area contributed by atoms with Crippen molar-refractivity contribution in [3.8, 4) is 16.9 Å². The van der Waals surface area contributed by atoms with Gasteiger partial charge in [0.05, 0.1) is 9.79 Å². The van der Waals surface area contributed by atoms with Crippen LogP contribution in [0.2, 0.25) is 0 Å². The smallest absolute Gasteiger partial charge is 0.410 e. The first kappa shape index (κ1) is 38.6. The van der Waals surface area contributed by atoms with Crippen LogP contribution in [-0.2, 0) is 31.6 Å². The molecule has 0 spiro atoms. The topological polar surface area (TPSA) is 137 Å². The van der Waals surface area contributed by atoms with E-state index in [0.29, 0.717) is 41.3 Å². The number of piperazine rings is 1. The standard InChI is InChI=1S/C39H50N4O8S2/c1-27-10-14-29(15-11-27)53(48,49)43-20-18-31-33(26-40(5)37(44)36(31)43)32-25-30(52(6,46)47)16-17-35(32)50-34(28-12-13-28)9-7-8-19-41-21-23-42(24-22-41)38(45)51-39(2,3)4/h10-11,14-18,20,25-26,28,34H,7-9,12-13,19,21-24H2,1-6H3. The average molecular weight is 767 g/mol. The van der Waals surface area contributed by atoms with Crippen LogP contribution in [0, 0.1) is 12.8 Å². The van der Waals surface area contributed by atoms with E-state index in [1.165, 1.54) is 29.0 Å². The van der Waals surface area contributed by atoms with E-state index >= 15 is 0 Å². The van der Waals surface area contributed by atoms with Crippen LogP contribution in [0.4, 0.5) is 4.79 Å². The summed E-state index contributed by atoms with van der Waals surface area (Å²) in [5, 5.41) is 0.369. The molecule has 2 aromatic heterocycles. The summed E-state index contributed by atoms with van der Waals surface area (Å²) in [6, 6.07) is 12.8. The number of rotatable bonds is 12. The number of nitrogens with zero attached hydrogens (tertiary/aromatic N) is 4. The number of unbranched alkanes of at least 4 members (excludes halogenated alkanes) is 1. The molecule has 12 nitrogen and oxygen atoms in total. The fourth-order valence-electron chi connectivity index (χ4n) is 6.81. The van der Waals surface area contributed by atoms with Gasteiger partial charge < -0.3 is 18.9 Å². The molecule has 0 bridgehead atoms. The van der Waals surface area contributed by atoms with Crippen molar-refractivity contribution in [1.29, 1.82) is 0 Å². The lowest BCUT2D eigenvalue weighted by Crippen LogP contribution is -2.50. The maximum atomic E-state index is 13.8. The van der Waals surface area contributed by atoms with E-state index in [9.17, 15) is 26.4 Å². The van der Waals surface area contributed by atoms with Crippen molar-refractivity contribution in [2.45, 2.75) is 81.3 Å². The summed E-state index contributed by atoms with van der Waals surface area (Å²) < 4.78 is 67.8. The third kappa shape index (κ3) is 8.81. The van der Waals surface area contributed by atoms with Gasteiger partial charge in [0, 0.05) is 68.4 Å². The highest BCUT2D eigenvalue weighted by Crippen LogP contribution is 2.42. The highest BCUT2D eigenvalue weighted by Gasteiger charge is 2.34. The number of amides is 1. The Kier molecular flexibility index (Phi) is 10.9. The van der Waals surface area contributed by atoms with E-state index in [1.54, 1.807) is 48.5 Å². The number of benzene rings is 2. The molecule has 2 fully saturated rings. The molecule has 1 atom stereocenters. The number of pyridine rings is 1. The molecule has 0 radical (unpaired) electrons. The van der Waals surface area contributed by atoms with Crippen LogP contribution in [0.25, 0.3) is 22.0 Å². The minimum Gasteiger partial charge on any atom is -0.489 e. The Balaban J connectivity index is 1.23. The Morgan fingerprint density at radius 1 is 0.906 bits per heavy atom. The zero-order chi connectivity index (χ0) is 38.3. The fraction of sp³-hybridized carbons (Fsp3) is 0.487. The molecule has 1 saturated carbocycles. The fourth-order valence-corrected chi connectivity index (χ4v) is 8.80. The van der Waals surface area contributed by atoms with Gasteiger partial charge in [0.1, 0.15) is 23.0 Å². The number of carbonyl (C=O) groups excluding carboxylic acids is 1. The van der Waals surface area contributed by atoms with Crippen molar-refractivity contribution in [3.63, 3.8) is 0 Å². The number of fused-ring (bicyclic) bond motifs is 1. The normalized spacial score (nSPS) is 16.5. The molecule has 1 aliphatic carbocycles. The molecule has 2 aromatic carbocycles. The van der Waals surface area contributed by atoms with Crippen LogP contribution in [0.3, 0.4) is 0 Å². The first-order chi connectivity index (χ1) is 24.9. The predicted molar refractivity (Wildman–Crippen MR) is 205 cm³/mol. The van der Waals surface area contributed by atoms with Gasteiger partial charge in [0.2, 0.25) is 0 Å². The maximum Gasteiger partial charge on any atom is 0.410 e. The first-order valence-corrected chi connectivity index (χ1v) is 21.5. The molecular weight excluding hydrogens is 717 g/mol. The third-order valence-corrected chi connectivity index (χ3v) is 12.7. The number of aryl methyl sites for hydroxylation is 2. The van der Waals surface area contributed by atoms with Gasteiger partial charge >= 0.3 is 6.09 Å². The molecule has 53 heavy (non-hydrogen) atoms. The lowest BCUT2D eigenvalue weighted by molar-refractivity contribution is 0.0143. The second kappa shape index (κ2) is 14.9. The second-order valence-electron chi connectivity index (χ2n) is 15.4. The Hall–Kier alpha value is -4.14. The van der Waals surface area contributed by atoms with Gasteiger partial charge in [-0.05, 0) is 109 Å². The molecular formula is C39H50N4O8S2. The van der Waals surface area contributed by atoms with E-state index in [1.807, 2.05) is 27.7 Å². The number of ether oxygens (including phenoxy) is 2. The van der Waals surface area contributed by atoms with E-state index in [2.05, 4.69) is 4.90 Å². The Bertz CT molecular complexity index is 2260. The average Bonchev–Trinajstić information content (AvgIpc) is 3.84. The van der Waals surface area contributed by atoms with Crippen molar-refractivity contribution in [2.24, 2.45) is 13.0 Å². The molecule has 1 unspecified atom stereocenters. The summed E-state index contributed by atoms with van der Waals surface area (Å²) in [4.78, 5) is 30.3. The lowest BCUT2D eigenvalue weighted by Gasteiger charge is -2.35. The minimum atomic E-state index is -4.13. The Morgan fingerprint density at radius 3 is 2.19 bits per heavy atom. The van der Waals surface area contributed by atoms with Gasteiger partial charge in [0.25, 0.3) is 15.6 Å². The van der Waals surface area contributed by atoms with Crippen molar-refractivity contribution in [3.05, 3.63) is 76.8 Å². The van der Waals surface area contributed by atoms with Gasteiger partial charge in [-0.1, -0.05) is 17.7 Å². The summed E-state index contributed by atoms with van der Waals surface area (Å²) in [5.74, 6) is 0.845. The number of hydrogen-bond donors (Lipinski definition) is 0. The SMILES string of the molecule is Cc1ccc(S(=O)(=O)n2ccc3c(-c4cc(S(C)(=O)=O)ccc4OC(CCCCN4CCN(C(=O)OC(C)(C)C)CC4)C4CC4)cn(C)c(=O)c32)cc1. The molecule has 14 heteroatoms. The van der Waals surface area contributed by atoms with Crippen LogP contribution in [0.15, 0.2) is 75.5 Å². The summed E-state index contributed by atoms with van der Waals surface area (Å²) in [6.07, 6.45) is 8.52. The molecule has 286 valence electrons. The molecule has 1 amide bonds. The molecule has 1 aliphatic heterocycles. The van der Waals surface area contributed by atoms with Gasteiger partial charge in [-0.3, -0.25) is 9.69 Å². The van der Waals surface area contributed by atoms with Gasteiger partial charge in [-0.25, -0.2) is 25.6 Å². The second-order valence-corrected chi connectivity index (χ2v) is 19.2. The largest absolute Gasteiger partial charge is 0.489 e. The molecule has 2 aliphatic rings. The quantitative estimate of drug-likeness (QED) is 0.163. The summed E-state index contributed by atoms with van der Waals surface area (Å²) in [5.41, 5.74) is 0.791. The van der Waals surface area contributed by atoms with Crippen LogP contribution >= 0.6 is 0 Å². The number of hydrogen-bond acceptors (Lipinski definition) is 9. The third-order valence-electron chi connectivity index (χ3n) is 9.90. The van der Waals surface area contributed by atoms with Gasteiger partial charge in [-0.2, -0.15) is 0 Å². The highest BCUT2D eigenvalue weighted by atomic mass is 32.2. The maximum absolute atomic E-state index is 13.8. The monoisotopic (exact) mass is 766 g/mol. The van der Waals surface area contributed by atoms with Crippen molar-refractivity contribution < 1.29 is 31.1 Å². The minimum absolute atomic E-state index is 0.0352. The molecule has 0 N–H and O–H groups in total. The van der Waals surface area contributed by atoms with Crippen LogP contribution < -0.4 is 10.3 Å². The Labute approximate surface area is 312 Å². The molecule has 1 saturated heterocycles. The summed E-state index contributed by atoms with van der Waals surface area (Å²) in [7, 11) is -6.19. The van der Waals surface area contributed by atoms with Crippen molar-refractivity contribution in [1.82, 2.24) is 18.3 Å². The van der Waals surface area contributed by atoms with Crippen LogP contribution in [0.5, 0.6) is 5.75 Å². The van der Waals surface area contributed by atoms with E-state index < -0.39 is 31.0 Å². The molecule has 3 heterocycles. The van der Waals surface area contributed by atoms with Crippen LogP contribution in [-0.4, -0.2) is 92.0 Å². The first-order valence-electron chi connectivity index (χ1n) is 18.2. The van der Waals surface area contributed by atoms with Crippen LogP contribution in [0.1, 0.15) is 58.4 Å². The molecule has 6 rings (SSSR count). The predicted octanol–water partition coefficient (Wildman–Crippen LogP) is 5.84. The van der Waals surface area contributed by atoms with Crippen molar-refractivity contribution in [2.75, 3.05) is 39.0 Å². The number of carbonyl (C=O) groups is 1. The van der Waals surface area contributed by atoms with E-state index in [-0.39, 0.29) is 27.5 Å². The van der Waals surface area contributed by atoms with E-state index in [4.69, 9.17) is 9.47 Å². The number of aromatic nitrogens is 2. The number of sulfone groups is 1. The lowest BCUT2D eigenvalue weighted by atomic mass is 10.0. The molecule has 4 aromatic rings.